The first-order chi connectivity index (χ1) is 8.91. The molecule has 3 N–H and O–H groups in total. The molecule has 1 aromatic rings. The Kier molecular flexibility index (Phi) is 5.86. The lowest BCUT2D eigenvalue weighted by molar-refractivity contribution is 0.0253. The highest BCUT2D eigenvalue weighted by Gasteiger charge is 2.26. The molecule has 8 heteroatoms. The van der Waals surface area contributed by atoms with Gasteiger partial charge in [0.25, 0.3) is 11.5 Å². The molecule has 0 aromatic carbocycles. The molecule has 0 aliphatic rings. The van der Waals surface area contributed by atoms with Gasteiger partial charge in [0.2, 0.25) is 0 Å². The Labute approximate surface area is 118 Å². The van der Waals surface area contributed by atoms with Gasteiger partial charge in [0, 0.05) is 6.54 Å². The van der Waals surface area contributed by atoms with Crippen molar-refractivity contribution in [3.63, 3.8) is 0 Å². The van der Waals surface area contributed by atoms with Crippen LogP contribution in [0.5, 0.6) is 0 Å². The molecule has 0 fully saturated rings. The van der Waals surface area contributed by atoms with Gasteiger partial charge in [0.1, 0.15) is 4.47 Å². The van der Waals surface area contributed by atoms with E-state index in [0.29, 0.717) is 6.54 Å². The minimum absolute atomic E-state index is 0.200. The van der Waals surface area contributed by atoms with Crippen molar-refractivity contribution in [1.29, 1.82) is 0 Å². The van der Waals surface area contributed by atoms with Gasteiger partial charge in [-0.3, -0.25) is 4.79 Å². The summed E-state index contributed by atoms with van der Waals surface area (Å²) in [7, 11) is 0. The second-order valence-corrected chi connectivity index (χ2v) is 4.96. The predicted molar refractivity (Wildman–Crippen MR) is 73.6 cm³/mol. The SMILES string of the molecule is CCCCn1ncc(NCC(F)(F)CN)c(Br)c1=O. The maximum atomic E-state index is 13.0. The number of aromatic nitrogens is 2. The third-order valence-electron chi connectivity index (χ3n) is 2.54. The number of unbranched alkanes of at least 4 members (excludes halogenated alkanes) is 1. The highest BCUT2D eigenvalue weighted by molar-refractivity contribution is 9.10. The third-order valence-corrected chi connectivity index (χ3v) is 3.31. The quantitative estimate of drug-likeness (QED) is 0.795. The second kappa shape index (κ2) is 6.95. The zero-order valence-electron chi connectivity index (χ0n) is 10.6. The Morgan fingerprint density at radius 1 is 1.58 bits per heavy atom. The molecule has 108 valence electrons. The van der Waals surface area contributed by atoms with Gasteiger partial charge in [-0.25, -0.2) is 13.5 Å². The van der Waals surface area contributed by atoms with E-state index < -0.39 is 19.0 Å². The maximum Gasteiger partial charge on any atom is 0.283 e. The molecular formula is C11H17BrF2N4O. The van der Waals surface area contributed by atoms with Crippen LogP contribution in [0, 0.1) is 0 Å². The zero-order chi connectivity index (χ0) is 14.5. The van der Waals surface area contributed by atoms with Gasteiger partial charge in [-0.05, 0) is 22.4 Å². The monoisotopic (exact) mass is 338 g/mol. The Bertz CT molecular complexity index is 478. The fourth-order valence-corrected chi connectivity index (χ4v) is 1.80. The molecule has 5 nitrogen and oxygen atoms in total. The van der Waals surface area contributed by atoms with Crippen molar-refractivity contribution < 1.29 is 8.78 Å². The summed E-state index contributed by atoms with van der Waals surface area (Å²) in [6, 6.07) is 0. The number of halogens is 3. The van der Waals surface area contributed by atoms with Crippen LogP contribution in [0.25, 0.3) is 0 Å². The standard InChI is InChI=1S/C11H17BrF2N4O/c1-2-3-4-18-10(19)9(12)8(5-17-18)16-7-11(13,14)6-15/h5,16H,2-4,6-7,15H2,1H3. The van der Waals surface area contributed by atoms with Gasteiger partial charge in [-0.2, -0.15) is 5.10 Å². The highest BCUT2D eigenvalue weighted by atomic mass is 79.9. The van der Waals surface area contributed by atoms with E-state index in [1.165, 1.54) is 10.9 Å². The van der Waals surface area contributed by atoms with Crippen LogP contribution in [0.3, 0.4) is 0 Å². The lowest BCUT2D eigenvalue weighted by Crippen LogP contribution is -2.36. The summed E-state index contributed by atoms with van der Waals surface area (Å²) in [5.41, 5.74) is 4.84. The van der Waals surface area contributed by atoms with E-state index >= 15 is 0 Å². The topological polar surface area (TPSA) is 72.9 Å². The first-order valence-corrected chi connectivity index (χ1v) is 6.78. The first-order valence-electron chi connectivity index (χ1n) is 5.98. The fraction of sp³-hybridized carbons (Fsp3) is 0.636. The molecule has 0 unspecified atom stereocenters. The van der Waals surface area contributed by atoms with Crippen LogP contribution in [0.1, 0.15) is 19.8 Å². The van der Waals surface area contributed by atoms with Crippen molar-refractivity contribution in [2.24, 2.45) is 5.73 Å². The molecule has 0 amide bonds. The van der Waals surface area contributed by atoms with Crippen LogP contribution in [-0.4, -0.2) is 28.8 Å². The van der Waals surface area contributed by atoms with Crippen LogP contribution in [0.15, 0.2) is 15.5 Å². The Hall–Kier alpha value is -1.02. The third kappa shape index (κ3) is 4.54. The molecule has 0 spiro atoms. The molecular weight excluding hydrogens is 322 g/mol. The van der Waals surface area contributed by atoms with Crippen LogP contribution in [0.2, 0.25) is 0 Å². The molecule has 0 bridgehead atoms. The highest BCUT2D eigenvalue weighted by Crippen LogP contribution is 2.19. The van der Waals surface area contributed by atoms with Crippen LogP contribution >= 0.6 is 15.9 Å². The maximum absolute atomic E-state index is 13.0. The molecule has 1 aromatic heterocycles. The molecule has 1 heterocycles. The lowest BCUT2D eigenvalue weighted by atomic mass is 10.3. The minimum atomic E-state index is -3.02. The number of aryl methyl sites for hydroxylation is 1. The molecule has 1 rings (SSSR count). The van der Waals surface area contributed by atoms with Crippen molar-refractivity contribution in [3.05, 3.63) is 21.0 Å². The predicted octanol–water partition coefficient (Wildman–Crippen LogP) is 1.81. The van der Waals surface area contributed by atoms with Gasteiger partial charge in [-0.1, -0.05) is 13.3 Å². The normalized spacial score (nSPS) is 11.6. The smallest absolute Gasteiger partial charge is 0.283 e. The number of rotatable bonds is 7. The number of nitrogens with two attached hydrogens (primary N) is 1. The summed E-state index contributed by atoms with van der Waals surface area (Å²) in [5, 5.41) is 6.41. The van der Waals surface area contributed by atoms with Crippen molar-refractivity contribution in [1.82, 2.24) is 9.78 Å². The summed E-state index contributed by atoms with van der Waals surface area (Å²) in [5.74, 6) is -3.02. The van der Waals surface area contributed by atoms with Crippen LogP contribution in [-0.2, 0) is 6.54 Å². The van der Waals surface area contributed by atoms with E-state index in [1.54, 1.807) is 0 Å². The van der Waals surface area contributed by atoms with Crippen molar-refractivity contribution in [2.45, 2.75) is 32.2 Å². The minimum Gasteiger partial charge on any atom is -0.377 e. The number of nitrogens with zero attached hydrogens (tertiary/aromatic N) is 2. The van der Waals surface area contributed by atoms with Gasteiger partial charge in [0.05, 0.1) is 25.0 Å². The molecule has 0 aliphatic carbocycles. The molecule has 0 radical (unpaired) electrons. The Balaban J connectivity index is 2.82. The van der Waals surface area contributed by atoms with E-state index in [0.717, 1.165) is 12.8 Å². The number of alkyl halides is 2. The first kappa shape index (κ1) is 16.0. The van der Waals surface area contributed by atoms with Crippen molar-refractivity contribution >= 4 is 21.6 Å². The number of hydrogen-bond donors (Lipinski definition) is 2. The van der Waals surface area contributed by atoms with Crippen molar-refractivity contribution in [3.8, 4) is 0 Å². The Morgan fingerprint density at radius 2 is 2.26 bits per heavy atom. The molecule has 0 saturated heterocycles. The molecule has 19 heavy (non-hydrogen) atoms. The van der Waals surface area contributed by atoms with Gasteiger partial charge >= 0.3 is 0 Å². The lowest BCUT2D eigenvalue weighted by Gasteiger charge is -2.16. The van der Waals surface area contributed by atoms with E-state index in [-0.39, 0.29) is 15.7 Å². The van der Waals surface area contributed by atoms with Crippen LogP contribution < -0.4 is 16.6 Å². The van der Waals surface area contributed by atoms with Gasteiger partial charge in [-0.15, -0.1) is 0 Å². The largest absolute Gasteiger partial charge is 0.377 e. The number of anilines is 1. The van der Waals surface area contributed by atoms with E-state index in [4.69, 9.17) is 5.73 Å². The average Bonchev–Trinajstić information content (AvgIpc) is 2.39. The van der Waals surface area contributed by atoms with Gasteiger partial charge in [0.15, 0.2) is 0 Å². The summed E-state index contributed by atoms with van der Waals surface area (Å²) in [4.78, 5) is 11.9. The average molecular weight is 339 g/mol. The summed E-state index contributed by atoms with van der Waals surface area (Å²) >= 11 is 3.10. The fourth-order valence-electron chi connectivity index (χ4n) is 1.35. The summed E-state index contributed by atoms with van der Waals surface area (Å²) < 4.78 is 27.5. The second-order valence-electron chi connectivity index (χ2n) is 4.17. The molecule has 0 saturated carbocycles. The zero-order valence-corrected chi connectivity index (χ0v) is 12.2. The number of nitrogens with one attached hydrogen (secondary N) is 1. The molecule has 0 aliphatic heterocycles. The number of hydrogen-bond acceptors (Lipinski definition) is 4. The van der Waals surface area contributed by atoms with Crippen LogP contribution in [0.4, 0.5) is 14.5 Å². The van der Waals surface area contributed by atoms with Gasteiger partial charge < -0.3 is 11.1 Å². The summed E-state index contributed by atoms with van der Waals surface area (Å²) in [6.07, 6.45) is 3.12. The van der Waals surface area contributed by atoms with E-state index in [1.807, 2.05) is 6.92 Å². The molecule has 0 atom stereocenters. The summed E-state index contributed by atoms with van der Waals surface area (Å²) in [6.45, 7) is 1.12. The van der Waals surface area contributed by atoms with E-state index in [2.05, 4.69) is 26.3 Å². The van der Waals surface area contributed by atoms with E-state index in [9.17, 15) is 13.6 Å². The van der Waals surface area contributed by atoms with Crippen molar-refractivity contribution in [2.75, 3.05) is 18.4 Å². The Morgan fingerprint density at radius 3 is 2.84 bits per heavy atom.